The standard InChI is InChI=1S/C16H18FN3O4S2/c1-3-8-20(2)26(23,24)13-9-11(14(18)21)16(25-13)19-15(22)10-6-4-5-7-12(10)17/h4-7,9H,3,8H2,1-2H3,(H2,18,21)(H,19,22). The molecule has 0 fully saturated rings. The predicted molar refractivity (Wildman–Crippen MR) is 97.3 cm³/mol. The van der Waals surface area contributed by atoms with Gasteiger partial charge in [0.2, 0.25) is 0 Å². The number of amides is 2. The summed E-state index contributed by atoms with van der Waals surface area (Å²) >= 11 is 0.693. The first-order valence-electron chi connectivity index (χ1n) is 7.64. The Morgan fingerprint density at radius 3 is 2.50 bits per heavy atom. The number of carbonyl (C=O) groups excluding carboxylic acids is 2. The van der Waals surface area contributed by atoms with Crippen LogP contribution in [-0.2, 0) is 10.0 Å². The van der Waals surface area contributed by atoms with Crippen LogP contribution in [0.3, 0.4) is 0 Å². The molecule has 0 aliphatic heterocycles. The van der Waals surface area contributed by atoms with Crippen LogP contribution in [0.15, 0.2) is 34.5 Å². The lowest BCUT2D eigenvalue weighted by molar-refractivity contribution is 0.100. The minimum absolute atomic E-state index is 0.0470. The highest BCUT2D eigenvalue weighted by Gasteiger charge is 2.27. The van der Waals surface area contributed by atoms with Crippen LogP contribution >= 0.6 is 11.3 Å². The summed E-state index contributed by atoms with van der Waals surface area (Å²) < 4.78 is 39.8. The lowest BCUT2D eigenvalue weighted by atomic mass is 10.2. The van der Waals surface area contributed by atoms with Gasteiger partial charge in [0, 0.05) is 13.6 Å². The van der Waals surface area contributed by atoms with Gasteiger partial charge in [-0.1, -0.05) is 19.1 Å². The number of anilines is 1. The number of hydrogen-bond acceptors (Lipinski definition) is 5. The molecule has 3 N–H and O–H groups in total. The Morgan fingerprint density at radius 1 is 1.27 bits per heavy atom. The first-order valence-corrected chi connectivity index (χ1v) is 9.90. The zero-order valence-electron chi connectivity index (χ0n) is 14.2. The Morgan fingerprint density at radius 2 is 1.92 bits per heavy atom. The van der Waals surface area contributed by atoms with Gasteiger partial charge in [0.25, 0.3) is 21.8 Å². The molecule has 0 saturated carbocycles. The average Bonchev–Trinajstić information content (AvgIpc) is 3.00. The van der Waals surface area contributed by atoms with E-state index >= 15 is 0 Å². The van der Waals surface area contributed by atoms with Crippen LogP contribution < -0.4 is 11.1 Å². The lowest BCUT2D eigenvalue weighted by Gasteiger charge is -2.14. The summed E-state index contributed by atoms with van der Waals surface area (Å²) in [5.41, 5.74) is 4.90. The summed E-state index contributed by atoms with van der Waals surface area (Å²) in [6.45, 7) is 2.12. The van der Waals surface area contributed by atoms with E-state index in [1.165, 1.54) is 25.2 Å². The quantitative estimate of drug-likeness (QED) is 0.744. The van der Waals surface area contributed by atoms with Crippen molar-refractivity contribution in [2.75, 3.05) is 18.9 Å². The van der Waals surface area contributed by atoms with Crippen LogP contribution in [0, 0.1) is 5.82 Å². The molecule has 0 saturated heterocycles. The molecule has 2 rings (SSSR count). The second-order valence-electron chi connectivity index (χ2n) is 5.43. The molecule has 0 aliphatic carbocycles. The zero-order chi connectivity index (χ0) is 19.5. The zero-order valence-corrected chi connectivity index (χ0v) is 15.8. The first kappa shape index (κ1) is 20.0. The summed E-state index contributed by atoms with van der Waals surface area (Å²) in [6.07, 6.45) is 0.612. The van der Waals surface area contributed by atoms with Gasteiger partial charge < -0.3 is 11.1 Å². The van der Waals surface area contributed by atoms with Gasteiger partial charge in [-0.05, 0) is 24.6 Å². The largest absolute Gasteiger partial charge is 0.366 e. The highest BCUT2D eigenvalue weighted by atomic mass is 32.2. The average molecular weight is 399 g/mol. The molecule has 26 heavy (non-hydrogen) atoms. The number of thiophene rings is 1. The molecule has 0 atom stereocenters. The van der Waals surface area contributed by atoms with E-state index in [9.17, 15) is 22.4 Å². The van der Waals surface area contributed by atoms with Crippen molar-refractivity contribution in [3.8, 4) is 0 Å². The molecule has 10 heteroatoms. The molecule has 1 aromatic heterocycles. The number of nitrogens with zero attached hydrogens (tertiary/aromatic N) is 1. The van der Waals surface area contributed by atoms with E-state index in [2.05, 4.69) is 5.32 Å². The summed E-state index contributed by atoms with van der Waals surface area (Å²) in [7, 11) is -2.41. The SMILES string of the molecule is CCCN(C)S(=O)(=O)c1cc(C(N)=O)c(NC(=O)c2ccccc2F)s1. The van der Waals surface area contributed by atoms with Gasteiger partial charge in [0.15, 0.2) is 0 Å². The third-order valence-electron chi connectivity index (χ3n) is 3.52. The van der Waals surface area contributed by atoms with Crippen LogP contribution in [-0.4, -0.2) is 38.1 Å². The van der Waals surface area contributed by atoms with E-state index in [0.29, 0.717) is 24.3 Å². The van der Waals surface area contributed by atoms with Gasteiger partial charge in [0.05, 0.1) is 11.1 Å². The summed E-state index contributed by atoms with van der Waals surface area (Å²) in [4.78, 5) is 23.9. The molecular formula is C16H18FN3O4S2. The number of halogens is 1. The number of rotatable bonds is 7. The van der Waals surface area contributed by atoms with E-state index in [1.807, 2.05) is 6.92 Å². The maximum absolute atomic E-state index is 13.7. The van der Waals surface area contributed by atoms with E-state index in [4.69, 9.17) is 5.73 Å². The van der Waals surface area contributed by atoms with Crippen molar-refractivity contribution < 1.29 is 22.4 Å². The van der Waals surface area contributed by atoms with Crippen molar-refractivity contribution in [1.29, 1.82) is 0 Å². The van der Waals surface area contributed by atoms with Crippen molar-refractivity contribution in [1.82, 2.24) is 4.31 Å². The van der Waals surface area contributed by atoms with E-state index in [-0.39, 0.29) is 20.3 Å². The molecule has 0 bridgehead atoms. The molecule has 1 heterocycles. The Bertz CT molecular complexity index is 941. The molecule has 1 aromatic carbocycles. The second kappa shape index (κ2) is 7.94. The number of sulfonamides is 1. The molecule has 0 unspecified atom stereocenters. The summed E-state index contributed by atoms with van der Waals surface area (Å²) in [5.74, 6) is -2.44. The van der Waals surface area contributed by atoms with Crippen molar-refractivity contribution in [3.63, 3.8) is 0 Å². The fraction of sp³-hybridized carbons (Fsp3) is 0.250. The summed E-state index contributed by atoms with van der Waals surface area (Å²) in [5, 5.41) is 2.32. The van der Waals surface area contributed by atoms with E-state index in [0.717, 1.165) is 16.4 Å². The van der Waals surface area contributed by atoms with E-state index in [1.54, 1.807) is 0 Å². The Labute approximate surface area is 154 Å². The van der Waals surface area contributed by atoms with Gasteiger partial charge in [-0.3, -0.25) is 9.59 Å². The van der Waals surface area contributed by atoms with E-state index < -0.39 is 27.7 Å². The van der Waals surface area contributed by atoms with Gasteiger partial charge >= 0.3 is 0 Å². The fourth-order valence-electron chi connectivity index (χ4n) is 2.18. The van der Waals surface area contributed by atoms with Gasteiger partial charge in [0.1, 0.15) is 15.0 Å². The topological polar surface area (TPSA) is 110 Å². The number of primary amides is 1. The highest BCUT2D eigenvalue weighted by Crippen LogP contribution is 2.33. The molecule has 0 aliphatic rings. The smallest absolute Gasteiger partial charge is 0.259 e. The molecule has 2 amide bonds. The third-order valence-corrected chi connectivity index (χ3v) is 6.88. The molecule has 7 nitrogen and oxygen atoms in total. The third kappa shape index (κ3) is 4.09. The molecule has 140 valence electrons. The number of nitrogens with two attached hydrogens (primary N) is 1. The molecule has 0 spiro atoms. The van der Waals surface area contributed by atoms with Crippen LogP contribution in [0.5, 0.6) is 0 Å². The van der Waals surface area contributed by atoms with Crippen LogP contribution in [0.4, 0.5) is 9.39 Å². The lowest BCUT2D eigenvalue weighted by Crippen LogP contribution is -2.27. The Kier molecular flexibility index (Phi) is 6.11. The fourth-order valence-corrected chi connectivity index (χ4v) is 5.02. The van der Waals surface area contributed by atoms with Crippen LogP contribution in [0.25, 0.3) is 0 Å². The van der Waals surface area contributed by atoms with Crippen LogP contribution in [0.1, 0.15) is 34.1 Å². The predicted octanol–water partition coefficient (Wildman–Crippen LogP) is 2.27. The number of hydrogen-bond donors (Lipinski definition) is 2. The van der Waals surface area contributed by atoms with Gasteiger partial charge in [-0.2, -0.15) is 0 Å². The Hall–Kier alpha value is -2.30. The number of nitrogens with one attached hydrogen (secondary N) is 1. The van der Waals surface area contributed by atoms with Gasteiger partial charge in [-0.25, -0.2) is 17.1 Å². The van der Waals surface area contributed by atoms with Crippen LogP contribution in [0.2, 0.25) is 0 Å². The van der Waals surface area contributed by atoms with Crippen molar-refractivity contribution in [2.45, 2.75) is 17.6 Å². The number of benzene rings is 1. The minimum Gasteiger partial charge on any atom is -0.366 e. The van der Waals surface area contributed by atoms with Crippen molar-refractivity contribution in [2.24, 2.45) is 5.73 Å². The normalized spacial score (nSPS) is 11.5. The molecular weight excluding hydrogens is 381 g/mol. The van der Waals surface area contributed by atoms with Crippen molar-refractivity contribution >= 4 is 38.2 Å². The highest BCUT2D eigenvalue weighted by molar-refractivity contribution is 7.91. The maximum atomic E-state index is 13.7. The molecule has 2 aromatic rings. The number of carbonyl (C=O) groups is 2. The second-order valence-corrected chi connectivity index (χ2v) is 8.76. The molecule has 0 radical (unpaired) electrons. The first-order chi connectivity index (χ1) is 12.2. The van der Waals surface area contributed by atoms with Crippen molar-refractivity contribution in [3.05, 3.63) is 47.3 Å². The summed E-state index contributed by atoms with van der Waals surface area (Å²) in [6, 6.07) is 6.42. The maximum Gasteiger partial charge on any atom is 0.259 e. The monoisotopic (exact) mass is 399 g/mol. The van der Waals surface area contributed by atoms with Gasteiger partial charge in [-0.15, -0.1) is 11.3 Å². The minimum atomic E-state index is -3.83. The Balaban J connectivity index is 2.40.